The minimum atomic E-state index is -4.45. The minimum Gasteiger partial charge on any atom is -0.439 e. The van der Waals surface area contributed by atoms with Crippen LogP contribution in [0.1, 0.15) is 11.1 Å². The van der Waals surface area contributed by atoms with Crippen LogP contribution in [-0.4, -0.2) is 16.0 Å². The van der Waals surface area contributed by atoms with Crippen LogP contribution in [-0.2, 0) is 6.18 Å². The molecule has 0 bridgehead atoms. The second-order valence-electron chi connectivity index (χ2n) is 4.00. The topological polar surface area (TPSA) is 80.7 Å². The van der Waals surface area contributed by atoms with E-state index in [2.05, 4.69) is 10.1 Å². The number of rotatable bonds is 3. The van der Waals surface area contributed by atoms with Crippen molar-refractivity contribution in [3.8, 4) is 11.6 Å². The minimum absolute atomic E-state index is 0.000316. The SMILES string of the molecule is N/C(=N\O)c1cccc(Oc2ccc(C(F)(F)F)cn2)c1. The van der Waals surface area contributed by atoms with Crippen molar-refractivity contribution in [2.75, 3.05) is 0 Å². The Hall–Kier alpha value is -2.77. The summed E-state index contributed by atoms with van der Waals surface area (Å²) in [4.78, 5) is 3.58. The predicted octanol–water partition coefficient (Wildman–Crippen LogP) is 2.99. The van der Waals surface area contributed by atoms with Gasteiger partial charge in [0.2, 0.25) is 5.88 Å². The van der Waals surface area contributed by atoms with Gasteiger partial charge < -0.3 is 15.7 Å². The Morgan fingerprint density at radius 3 is 2.57 bits per heavy atom. The molecular formula is C13H10F3N3O2. The first-order chi connectivity index (χ1) is 9.90. The van der Waals surface area contributed by atoms with Gasteiger partial charge in [-0.25, -0.2) is 4.98 Å². The lowest BCUT2D eigenvalue weighted by Crippen LogP contribution is -2.12. The van der Waals surface area contributed by atoms with Crippen molar-refractivity contribution < 1.29 is 23.1 Å². The van der Waals surface area contributed by atoms with Crippen LogP contribution in [0.4, 0.5) is 13.2 Å². The second-order valence-corrected chi connectivity index (χ2v) is 4.00. The van der Waals surface area contributed by atoms with Crippen molar-refractivity contribution in [3.05, 3.63) is 53.7 Å². The first-order valence-corrected chi connectivity index (χ1v) is 5.69. The number of hydrogen-bond acceptors (Lipinski definition) is 4. The molecule has 0 fully saturated rings. The zero-order valence-electron chi connectivity index (χ0n) is 10.5. The Labute approximate surface area is 117 Å². The number of ether oxygens (including phenoxy) is 1. The van der Waals surface area contributed by atoms with Crippen molar-refractivity contribution >= 4 is 5.84 Å². The number of alkyl halides is 3. The number of aromatic nitrogens is 1. The molecule has 0 unspecified atom stereocenters. The van der Waals surface area contributed by atoms with E-state index in [0.717, 1.165) is 12.1 Å². The highest BCUT2D eigenvalue weighted by Crippen LogP contribution is 2.30. The van der Waals surface area contributed by atoms with Gasteiger partial charge in [-0.3, -0.25) is 0 Å². The molecule has 0 amide bonds. The summed E-state index contributed by atoms with van der Waals surface area (Å²) in [7, 11) is 0. The molecule has 0 aliphatic rings. The van der Waals surface area contributed by atoms with E-state index in [0.29, 0.717) is 17.5 Å². The summed E-state index contributed by atoms with van der Waals surface area (Å²) in [6, 6.07) is 8.19. The number of nitrogens with two attached hydrogens (primary N) is 1. The second kappa shape index (κ2) is 5.70. The summed E-state index contributed by atoms with van der Waals surface area (Å²) in [6.45, 7) is 0. The third-order valence-electron chi connectivity index (χ3n) is 2.52. The summed E-state index contributed by atoms with van der Waals surface area (Å²) in [6.07, 6.45) is -3.76. The lowest BCUT2D eigenvalue weighted by Gasteiger charge is -2.08. The van der Waals surface area contributed by atoms with E-state index in [9.17, 15) is 13.2 Å². The zero-order chi connectivity index (χ0) is 15.5. The van der Waals surface area contributed by atoms with Gasteiger partial charge in [0.05, 0.1) is 5.56 Å². The molecule has 21 heavy (non-hydrogen) atoms. The van der Waals surface area contributed by atoms with Crippen molar-refractivity contribution in [1.29, 1.82) is 0 Å². The third-order valence-corrected chi connectivity index (χ3v) is 2.52. The molecule has 0 atom stereocenters. The molecule has 110 valence electrons. The average Bonchev–Trinajstić information content (AvgIpc) is 2.46. The molecule has 5 nitrogen and oxygen atoms in total. The van der Waals surface area contributed by atoms with Gasteiger partial charge in [-0.05, 0) is 18.2 Å². The lowest BCUT2D eigenvalue weighted by atomic mass is 10.2. The highest BCUT2D eigenvalue weighted by Gasteiger charge is 2.30. The molecule has 0 saturated carbocycles. The Bertz CT molecular complexity index is 654. The summed E-state index contributed by atoms with van der Waals surface area (Å²) in [5.41, 5.74) is 4.97. The molecule has 8 heteroatoms. The van der Waals surface area contributed by atoms with Crippen LogP contribution in [0.15, 0.2) is 47.8 Å². The molecule has 1 aromatic heterocycles. The van der Waals surface area contributed by atoms with Crippen LogP contribution < -0.4 is 10.5 Å². The lowest BCUT2D eigenvalue weighted by molar-refractivity contribution is -0.137. The molecule has 0 aliphatic carbocycles. The van der Waals surface area contributed by atoms with Gasteiger partial charge in [-0.2, -0.15) is 13.2 Å². The standard InChI is InChI=1S/C13H10F3N3O2/c14-13(15,16)9-4-5-11(18-7-9)21-10-3-1-2-8(6-10)12(17)19-20/h1-7,20H,(H2,17,19). The Kier molecular flexibility index (Phi) is 3.97. The van der Waals surface area contributed by atoms with Crippen LogP contribution in [0.2, 0.25) is 0 Å². The fourth-order valence-corrected chi connectivity index (χ4v) is 1.51. The van der Waals surface area contributed by atoms with Crippen molar-refractivity contribution in [2.24, 2.45) is 10.9 Å². The highest BCUT2D eigenvalue weighted by atomic mass is 19.4. The van der Waals surface area contributed by atoms with Crippen molar-refractivity contribution in [1.82, 2.24) is 4.98 Å². The first kappa shape index (κ1) is 14.6. The predicted molar refractivity (Wildman–Crippen MR) is 68.3 cm³/mol. The maximum Gasteiger partial charge on any atom is 0.417 e. The molecule has 0 spiro atoms. The van der Waals surface area contributed by atoms with E-state index < -0.39 is 11.7 Å². The molecular weight excluding hydrogens is 287 g/mol. The van der Waals surface area contributed by atoms with Crippen LogP contribution in [0.5, 0.6) is 11.6 Å². The van der Waals surface area contributed by atoms with E-state index >= 15 is 0 Å². The van der Waals surface area contributed by atoms with Crippen LogP contribution in [0, 0.1) is 0 Å². The first-order valence-electron chi connectivity index (χ1n) is 5.69. The summed E-state index contributed by atoms with van der Waals surface area (Å²) in [5.74, 6) is 0.187. The van der Waals surface area contributed by atoms with Gasteiger partial charge in [0, 0.05) is 17.8 Å². The van der Waals surface area contributed by atoms with E-state index in [-0.39, 0.29) is 11.7 Å². The summed E-state index contributed by atoms with van der Waals surface area (Å²) < 4.78 is 42.5. The van der Waals surface area contributed by atoms with E-state index in [4.69, 9.17) is 15.7 Å². The van der Waals surface area contributed by atoms with E-state index in [1.165, 1.54) is 6.07 Å². The fourth-order valence-electron chi connectivity index (χ4n) is 1.51. The number of oxime groups is 1. The molecule has 0 saturated heterocycles. The summed E-state index contributed by atoms with van der Waals surface area (Å²) >= 11 is 0. The Balaban J connectivity index is 2.19. The van der Waals surface area contributed by atoms with Crippen LogP contribution in [0.3, 0.4) is 0 Å². The Morgan fingerprint density at radius 1 is 1.24 bits per heavy atom. The van der Waals surface area contributed by atoms with Gasteiger partial charge in [0.1, 0.15) is 5.75 Å². The van der Waals surface area contributed by atoms with Crippen LogP contribution >= 0.6 is 0 Å². The number of halogens is 3. The number of amidine groups is 1. The van der Waals surface area contributed by atoms with Gasteiger partial charge in [-0.15, -0.1) is 0 Å². The maximum absolute atomic E-state index is 12.4. The smallest absolute Gasteiger partial charge is 0.417 e. The molecule has 1 heterocycles. The maximum atomic E-state index is 12.4. The van der Waals surface area contributed by atoms with E-state index in [1.807, 2.05) is 0 Å². The highest BCUT2D eigenvalue weighted by molar-refractivity contribution is 5.97. The van der Waals surface area contributed by atoms with Crippen molar-refractivity contribution in [2.45, 2.75) is 6.18 Å². The van der Waals surface area contributed by atoms with Gasteiger partial charge in [0.25, 0.3) is 0 Å². The third kappa shape index (κ3) is 3.62. The van der Waals surface area contributed by atoms with Crippen molar-refractivity contribution in [3.63, 3.8) is 0 Å². The molecule has 2 rings (SSSR count). The molecule has 3 N–H and O–H groups in total. The monoisotopic (exact) mass is 297 g/mol. The fraction of sp³-hybridized carbons (Fsp3) is 0.0769. The van der Waals surface area contributed by atoms with Crippen LogP contribution in [0.25, 0.3) is 0 Å². The molecule has 0 radical (unpaired) electrons. The largest absolute Gasteiger partial charge is 0.439 e. The number of hydrogen-bond donors (Lipinski definition) is 2. The summed E-state index contributed by atoms with van der Waals surface area (Å²) in [5, 5.41) is 11.4. The van der Waals surface area contributed by atoms with E-state index in [1.54, 1.807) is 18.2 Å². The Morgan fingerprint density at radius 2 is 2.00 bits per heavy atom. The zero-order valence-corrected chi connectivity index (χ0v) is 10.5. The number of nitrogens with zero attached hydrogens (tertiary/aromatic N) is 2. The average molecular weight is 297 g/mol. The molecule has 0 aliphatic heterocycles. The number of pyridine rings is 1. The molecule has 1 aromatic carbocycles. The van der Waals surface area contributed by atoms with Gasteiger partial charge in [-0.1, -0.05) is 17.3 Å². The normalized spacial score (nSPS) is 12.2. The quantitative estimate of drug-likeness (QED) is 0.395. The molecule has 2 aromatic rings. The van der Waals surface area contributed by atoms with Gasteiger partial charge >= 0.3 is 6.18 Å². The number of benzene rings is 1. The van der Waals surface area contributed by atoms with Gasteiger partial charge in [0.15, 0.2) is 5.84 Å².